The number of fused-ring (bicyclic) bond motifs is 1. The lowest BCUT2D eigenvalue weighted by molar-refractivity contribution is -0.115. The Bertz CT molecular complexity index is 1650. The Balaban J connectivity index is 1.54. The number of thioether (sulfide) groups is 1. The number of halogens is 4. The van der Waals surface area contributed by atoms with Gasteiger partial charge < -0.3 is 9.88 Å². The van der Waals surface area contributed by atoms with Gasteiger partial charge in [-0.3, -0.25) is 19.7 Å². The number of anilines is 1. The molecule has 0 spiro atoms. The number of nitrogens with one attached hydrogen (secondary N) is 2. The molecule has 1 aliphatic heterocycles. The molecule has 5 rings (SSSR count). The molecule has 2 N–H and O–H groups in total. The summed E-state index contributed by atoms with van der Waals surface area (Å²) in [5.41, 5.74) is 3.36. The van der Waals surface area contributed by atoms with Crippen molar-refractivity contribution in [2.45, 2.75) is 6.54 Å². The lowest BCUT2D eigenvalue weighted by Crippen LogP contribution is -2.17. The molecule has 0 bridgehead atoms. The van der Waals surface area contributed by atoms with Crippen molar-refractivity contribution in [1.29, 1.82) is 0 Å². The summed E-state index contributed by atoms with van der Waals surface area (Å²) in [7, 11) is 0. The molecule has 1 fully saturated rings. The van der Waals surface area contributed by atoms with Gasteiger partial charge in [-0.1, -0.05) is 52.5 Å². The summed E-state index contributed by atoms with van der Waals surface area (Å²) in [4.78, 5) is 37.0. The highest BCUT2D eigenvalue weighted by atomic mass is 35.5. The zero-order chi connectivity index (χ0) is 26.3. The monoisotopic (exact) mass is 589 g/mol. The first kappa shape index (κ1) is 25.7. The lowest BCUT2D eigenvalue weighted by Gasteiger charge is -2.09. The van der Waals surface area contributed by atoms with Crippen molar-refractivity contribution in [2.24, 2.45) is 0 Å². The quantitative estimate of drug-likeness (QED) is 0.232. The van der Waals surface area contributed by atoms with E-state index in [2.05, 4.69) is 10.6 Å². The van der Waals surface area contributed by atoms with Crippen LogP contribution in [0.25, 0.3) is 17.0 Å². The van der Waals surface area contributed by atoms with E-state index < -0.39 is 11.1 Å². The highest BCUT2D eigenvalue weighted by Crippen LogP contribution is 2.32. The fraction of sp³-hybridized carbons (Fsp3) is 0.0385. The minimum Gasteiger partial charge on any atom is -0.342 e. The van der Waals surface area contributed by atoms with Crippen molar-refractivity contribution in [1.82, 2.24) is 9.88 Å². The molecule has 0 aliphatic carbocycles. The molecule has 6 nitrogen and oxygen atoms in total. The zero-order valence-electron chi connectivity index (χ0n) is 18.7. The molecule has 37 heavy (non-hydrogen) atoms. The number of nitrogens with zero attached hydrogens (tertiary/aromatic N) is 1. The van der Waals surface area contributed by atoms with Crippen LogP contribution in [0.15, 0.2) is 65.7 Å². The molecular weight excluding hydrogens is 576 g/mol. The lowest BCUT2D eigenvalue weighted by atomic mass is 10.1. The van der Waals surface area contributed by atoms with E-state index >= 15 is 0 Å². The van der Waals surface area contributed by atoms with Gasteiger partial charge in [0.15, 0.2) is 0 Å². The maximum absolute atomic E-state index is 12.8. The summed E-state index contributed by atoms with van der Waals surface area (Å²) in [6.45, 7) is 0.476. The Morgan fingerprint density at radius 3 is 2.32 bits per heavy atom. The third-order valence-corrected chi connectivity index (χ3v) is 7.91. The molecule has 0 radical (unpaired) electrons. The summed E-state index contributed by atoms with van der Waals surface area (Å²) < 4.78 is 1.99. The average Bonchev–Trinajstić information content (AvgIpc) is 3.35. The minimum atomic E-state index is -0.454. The van der Waals surface area contributed by atoms with Gasteiger partial charge in [0.2, 0.25) is 0 Å². The number of hydrogen-bond donors (Lipinski definition) is 2. The van der Waals surface area contributed by atoms with Crippen LogP contribution in [0.4, 0.5) is 10.5 Å². The molecule has 4 aromatic rings. The van der Waals surface area contributed by atoms with Crippen LogP contribution >= 0.6 is 58.2 Å². The zero-order valence-corrected chi connectivity index (χ0v) is 22.5. The van der Waals surface area contributed by atoms with Gasteiger partial charge in [0, 0.05) is 40.5 Å². The first-order chi connectivity index (χ1) is 17.7. The normalized spacial score (nSPS) is 14.4. The molecule has 1 aliphatic rings. The number of rotatable bonds is 5. The molecule has 0 saturated carbocycles. The van der Waals surface area contributed by atoms with E-state index in [1.165, 1.54) is 6.07 Å². The van der Waals surface area contributed by atoms with Crippen LogP contribution in [0, 0.1) is 0 Å². The first-order valence-electron chi connectivity index (χ1n) is 10.8. The number of benzene rings is 3. The van der Waals surface area contributed by atoms with Crippen molar-refractivity contribution >= 4 is 97.9 Å². The van der Waals surface area contributed by atoms with E-state index in [0.717, 1.165) is 28.2 Å². The maximum atomic E-state index is 12.8. The molecular formula is C26H15Cl4N3O3S. The minimum absolute atomic E-state index is 0.278. The Morgan fingerprint density at radius 1 is 0.919 bits per heavy atom. The summed E-state index contributed by atoms with van der Waals surface area (Å²) >= 11 is 25.1. The highest BCUT2D eigenvalue weighted by molar-refractivity contribution is 8.18. The number of hydrogen-bond acceptors (Lipinski definition) is 4. The largest absolute Gasteiger partial charge is 0.342 e. The fourth-order valence-electron chi connectivity index (χ4n) is 3.89. The van der Waals surface area contributed by atoms with Gasteiger partial charge >= 0.3 is 0 Å². The molecule has 186 valence electrons. The Kier molecular flexibility index (Phi) is 7.25. The van der Waals surface area contributed by atoms with E-state index in [1.807, 2.05) is 29.0 Å². The molecule has 3 aromatic carbocycles. The number of amides is 3. The van der Waals surface area contributed by atoms with Crippen LogP contribution in [-0.4, -0.2) is 21.6 Å². The van der Waals surface area contributed by atoms with Gasteiger partial charge in [-0.15, -0.1) is 0 Å². The first-order valence-corrected chi connectivity index (χ1v) is 13.1. The summed E-state index contributed by atoms with van der Waals surface area (Å²) in [5, 5.41) is 7.02. The number of carbonyl (C=O) groups is 3. The van der Waals surface area contributed by atoms with Crippen molar-refractivity contribution in [2.75, 3.05) is 5.32 Å². The van der Waals surface area contributed by atoms with E-state index in [9.17, 15) is 14.4 Å². The summed E-state index contributed by atoms with van der Waals surface area (Å²) in [5.74, 6) is -0.811. The van der Waals surface area contributed by atoms with E-state index in [1.54, 1.807) is 36.4 Å². The summed E-state index contributed by atoms with van der Waals surface area (Å²) in [6, 6.07) is 15.5. The predicted octanol–water partition coefficient (Wildman–Crippen LogP) is 7.88. The van der Waals surface area contributed by atoms with E-state index in [-0.39, 0.29) is 15.8 Å². The van der Waals surface area contributed by atoms with Crippen LogP contribution in [0.2, 0.25) is 20.1 Å². The van der Waals surface area contributed by atoms with Crippen LogP contribution in [0.3, 0.4) is 0 Å². The standard InChI is InChI=1S/C26H15Cl4N3O3S/c27-18-4-1-13(7-20(18)29)11-33-12-15(9-23-25(35)32-26(36)37-23)17-10-16(3-6-22(17)33)31-24(34)14-2-5-19(28)21(30)8-14/h1-10,12H,11H2,(H,31,34)(H,32,35,36). The maximum Gasteiger partial charge on any atom is 0.290 e. The van der Waals surface area contributed by atoms with Gasteiger partial charge in [-0.2, -0.15) is 0 Å². The van der Waals surface area contributed by atoms with Gasteiger partial charge in [0.25, 0.3) is 17.1 Å². The second kappa shape index (κ2) is 10.4. The topological polar surface area (TPSA) is 80.2 Å². The number of carbonyl (C=O) groups excluding carboxylic acids is 3. The molecule has 0 atom stereocenters. The van der Waals surface area contributed by atoms with Crippen LogP contribution in [0.1, 0.15) is 21.5 Å². The van der Waals surface area contributed by atoms with Gasteiger partial charge in [0.1, 0.15) is 0 Å². The molecule has 0 unspecified atom stereocenters. The smallest absolute Gasteiger partial charge is 0.290 e. The Labute approximate surface area is 235 Å². The van der Waals surface area contributed by atoms with Crippen LogP contribution in [0.5, 0.6) is 0 Å². The molecule has 11 heteroatoms. The van der Waals surface area contributed by atoms with Crippen LogP contribution in [-0.2, 0) is 11.3 Å². The SMILES string of the molecule is O=C1NC(=O)C(=Cc2cn(Cc3ccc(Cl)c(Cl)c3)c3ccc(NC(=O)c4ccc(Cl)c(Cl)c4)cc23)S1. The third kappa shape index (κ3) is 5.51. The van der Waals surface area contributed by atoms with E-state index in [0.29, 0.717) is 38.4 Å². The number of aromatic nitrogens is 1. The van der Waals surface area contributed by atoms with Crippen molar-refractivity contribution < 1.29 is 14.4 Å². The second-order valence-corrected chi connectivity index (χ2v) is 10.8. The third-order valence-electron chi connectivity index (χ3n) is 5.62. The molecule has 1 aromatic heterocycles. The van der Waals surface area contributed by atoms with Gasteiger partial charge in [-0.05, 0) is 71.9 Å². The Morgan fingerprint density at radius 2 is 1.65 bits per heavy atom. The average molecular weight is 591 g/mol. The second-order valence-electron chi connectivity index (χ2n) is 8.13. The molecule has 1 saturated heterocycles. The van der Waals surface area contributed by atoms with Gasteiger partial charge in [-0.25, -0.2) is 0 Å². The Hall–Kier alpha value is -2.94. The molecule has 2 heterocycles. The van der Waals surface area contributed by atoms with Gasteiger partial charge in [0.05, 0.1) is 25.0 Å². The van der Waals surface area contributed by atoms with Crippen LogP contribution < -0.4 is 10.6 Å². The highest BCUT2D eigenvalue weighted by Gasteiger charge is 2.25. The number of imide groups is 1. The van der Waals surface area contributed by atoms with Crippen molar-refractivity contribution in [3.05, 3.63) is 102 Å². The van der Waals surface area contributed by atoms with E-state index in [4.69, 9.17) is 46.4 Å². The van der Waals surface area contributed by atoms with Crippen molar-refractivity contribution in [3.8, 4) is 0 Å². The van der Waals surface area contributed by atoms with Crippen molar-refractivity contribution in [3.63, 3.8) is 0 Å². The summed E-state index contributed by atoms with van der Waals surface area (Å²) in [6.07, 6.45) is 3.53. The fourth-order valence-corrected chi connectivity index (χ4v) is 5.18. The predicted molar refractivity (Wildman–Crippen MR) is 151 cm³/mol. The molecule has 3 amide bonds.